The third kappa shape index (κ3) is 10.0. The van der Waals surface area contributed by atoms with Gasteiger partial charge in [-0.05, 0) is 45.0 Å². The lowest BCUT2D eigenvalue weighted by atomic mass is 9.85. The van der Waals surface area contributed by atoms with Gasteiger partial charge in [0.05, 0.1) is 18.9 Å². The Bertz CT molecular complexity index is 716. The van der Waals surface area contributed by atoms with Crippen molar-refractivity contribution in [2.24, 2.45) is 5.92 Å². The number of piperidine rings is 1. The molecule has 0 aromatic carbocycles. The van der Waals surface area contributed by atoms with Crippen LogP contribution in [0.25, 0.3) is 0 Å². The van der Waals surface area contributed by atoms with E-state index >= 15 is 0 Å². The summed E-state index contributed by atoms with van der Waals surface area (Å²) in [5.41, 5.74) is 0. The van der Waals surface area contributed by atoms with Crippen LogP contribution >= 0.6 is 0 Å². The van der Waals surface area contributed by atoms with E-state index in [4.69, 9.17) is 29.0 Å². The number of rotatable bonds is 3. The van der Waals surface area contributed by atoms with Gasteiger partial charge in [0.25, 0.3) is 0 Å². The van der Waals surface area contributed by atoms with Crippen LogP contribution in [0.15, 0.2) is 22.8 Å². The highest BCUT2D eigenvalue weighted by atomic mass is 19.4. The van der Waals surface area contributed by atoms with E-state index in [2.05, 4.69) is 23.9 Å². The lowest BCUT2D eigenvalue weighted by Gasteiger charge is -2.47. The molecule has 1 aromatic rings. The van der Waals surface area contributed by atoms with Crippen LogP contribution in [0.4, 0.5) is 26.3 Å². The summed E-state index contributed by atoms with van der Waals surface area (Å²) in [7, 11) is 4.40. The van der Waals surface area contributed by atoms with Gasteiger partial charge < -0.3 is 24.3 Å². The van der Waals surface area contributed by atoms with E-state index in [1.54, 1.807) is 6.26 Å². The van der Waals surface area contributed by atoms with Crippen molar-refractivity contribution in [3.05, 3.63) is 24.2 Å². The minimum atomic E-state index is -5.08. The Morgan fingerprint density at radius 3 is 2.12 bits per heavy atom. The van der Waals surface area contributed by atoms with E-state index in [1.165, 1.54) is 19.4 Å². The maximum atomic E-state index is 10.6. The summed E-state index contributed by atoms with van der Waals surface area (Å²) in [6, 6.07) is 4.47. The number of likely N-dealkylation sites (tertiary alicyclic amines) is 1. The molecular weight excluding hydrogens is 466 g/mol. The number of ether oxygens (including phenoxy) is 1. The predicted molar refractivity (Wildman–Crippen MR) is 101 cm³/mol. The number of carbonyl (C=O) groups is 2. The molecule has 3 heterocycles. The molecule has 0 radical (unpaired) electrons. The largest absolute Gasteiger partial charge is 0.490 e. The second-order valence-corrected chi connectivity index (χ2v) is 7.63. The lowest BCUT2D eigenvalue weighted by molar-refractivity contribution is -0.193. The molecule has 2 aliphatic rings. The van der Waals surface area contributed by atoms with Crippen molar-refractivity contribution in [3.63, 3.8) is 0 Å². The van der Waals surface area contributed by atoms with E-state index in [0.29, 0.717) is 18.1 Å². The Morgan fingerprint density at radius 1 is 1.12 bits per heavy atom. The predicted octanol–water partition coefficient (Wildman–Crippen LogP) is 3.09. The summed E-state index contributed by atoms with van der Waals surface area (Å²) < 4.78 is 75.0. The summed E-state index contributed by atoms with van der Waals surface area (Å²) >= 11 is 0. The Kier molecular flexibility index (Phi) is 10.6. The van der Waals surface area contributed by atoms with E-state index in [9.17, 15) is 26.3 Å². The molecule has 0 bridgehead atoms. The molecule has 2 fully saturated rings. The fraction of sp³-hybridized carbons (Fsp3) is 0.684. The Morgan fingerprint density at radius 2 is 1.67 bits per heavy atom. The highest BCUT2D eigenvalue weighted by Crippen LogP contribution is 2.30. The first-order valence-corrected chi connectivity index (χ1v) is 9.76. The third-order valence-electron chi connectivity index (χ3n) is 4.95. The molecule has 2 N–H and O–H groups in total. The molecule has 1 aromatic heterocycles. The number of hydrogen-bond donors (Lipinski definition) is 2. The summed E-state index contributed by atoms with van der Waals surface area (Å²) in [4.78, 5) is 22.6. The van der Waals surface area contributed by atoms with Gasteiger partial charge in [-0.2, -0.15) is 26.3 Å². The van der Waals surface area contributed by atoms with E-state index in [1.807, 2.05) is 12.1 Å². The topological polar surface area (TPSA) is 103 Å². The molecule has 0 aliphatic carbocycles. The zero-order valence-corrected chi connectivity index (χ0v) is 17.9. The van der Waals surface area contributed by atoms with Crippen LogP contribution in [-0.4, -0.2) is 90.2 Å². The summed E-state index contributed by atoms with van der Waals surface area (Å²) in [6.07, 6.45) is -5.51. The average molecular weight is 492 g/mol. The average Bonchev–Trinajstić information content (AvgIpc) is 3.19. The van der Waals surface area contributed by atoms with Crippen molar-refractivity contribution in [3.8, 4) is 0 Å². The molecule has 2 aliphatic heterocycles. The van der Waals surface area contributed by atoms with E-state index < -0.39 is 24.3 Å². The van der Waals surface area contributed by atoms with Crippen molar-refractivity contribution in [1.29, 1.82) is 0 Å². The fourth-order valence-corrected chi connectivity index (χ4v) is 3.54. The Labute approximate surface area is 185 Å². The molecule has 0 amide bonds. The molecule has 0 spiro atoms. The smallest absolute Gasteiger partial charge is 0.475 e. The number of carboxylic acid groups (broad SMARTS) is 2. The van der Waals surface area contributed by atoms with Gasteiger partial charge in [0.2, 0.25) is 0 Å². The second kappa shape index (κ2) is 12.2. The first-order chi connectivity index (χ1) is 15.1. The molecular formula is C19H26F6N2O6. The molecule has 14 heteroatoms. The summed E-state index contributed by atoms with van der Waals surface area (Å²) in [6.45, 7) is 4.04. The zero-order valence-electron chi connectivity index (χ0n) is 17.9. The van der Waals surface area contributed by atoms with Crippen LogP contribution in [0.5, 0.6) is 0 Å². The maximum absolute atomic E-state index is 10.6. The molecule has 3 atom stereocenters. The van der Waals surface area contributed by atoms with E-state index in [0.717, 1.165) is 25.5 Å². The van der Waals surface area contributed by atoms with Gasteiger partial charge in [0, 0.05) is 25.7 Å². The van der Waals surface area contributed by atoms with Crippen molar-refractivity contribution in [2.75, 3.05) is 33.8 Å². The number of alkyl halides is 6. The zero-order chi connectivity index (χ0) is 25.4. The van der Waals surface area contributed by atoms with Crippen LogP contribution < -0.4 is 0 Å². The minimum absolute atomic E-state index is 0.393. The first-order valence-electron chi connectivity index (χ1n) is 9.76. The van der Waals surface area contributed by atoms with Crippen LogP contribution in [0.1, 0.15) is 18.6 Å². The first kappa shape index (κ1) is 28.7. The number of furan rings is 1. The van der Waals surface area contributed by atoms with Gasteiger partial charge in [-0.3, -0.25) is 4.90 Å². The standard InChI is InChI=1S/C15H24N2O2.2C2HF3O2/c1-16-9-12-5-3-8-19-15(12)14(11-16)17(2)10-13-6-4-7-18-13;2*3-2(4,5)1(6)7/h4,6-7,12,14-15H,3,5,8-11H2,1-2H3;2*(H,6,7)/t12-,14+,15-;;/m0../s1. The van der Waals surface area contributed by atoms with Gasteiger partial charge in [-0.15, -0.1) is 0 Å². The van der Waals surface area contributed by atoms with Gasteiger partial charge in [0.15, 0.2) is 0 Å². The molecule has 0 saturated carbocycles. The highest BCUT2D eigenvalue weighted by Gasteiger charge is 2.40. The van der Waals surface area contributed by atoms with Gasteiger partial charge >= 0.3 is 24.3 Å². The van der Waals surface area contributed by atoms with Crippen LogP contribution in [0, 0.1) is 5.92 Å². The number of aliphatic carboxylic acids is 2. The fourth-order valence-electron chi connectivity index (χ4n) is 3.54. The van der Waals surface area contributed by atoms with Gasteiger partial charge in [0.1, 0.15) is 5.76 Å². The van der Waals surface area contributed by atoms with Crippen molar-refractivity contribution >= 4 is 11.9 Å². The van der Waals surface area contributed by atoms with Gasteiger partial charge in [-0.25, -0.2) is 9.59 Å². The number of nitrogens with zero attached hydrogens (tertiary/aromatic N) is 2. The Balaban J connectivity index is 0.000000324. The number of hydrogen-bond acceptors (Lipinski definition) is 6. The van der Waals surface area contributed by atoms with E-state index in [-0.39, 0.29) is 0 Å². The molecule has 3 rings (SSSR count). The number of halogens is 6. The molecule has 2 saturated heterocycles. The van der Waals surface area contributed by atoms with Crippen molar-refractivity contribution in [2.45, 2.75) is 43.9 Å². The summed E-state index contributed by atoms with van der Waals surface area (Å²) in [5.74, 6) is -3.79. The maximum Gasteiger partial charge on any atom is 0.490 e. The minimum Gasteiger partial charge on any atom is -0.475 e. The molecule has 8 nitrogen and oxygen atoms in total. The number of fused-ring (bicyclic) bond motifs is 1. The second-order valence-electron chi connectivity index (χ2n) is 7.63. The molecule has 33 heavy (non-hydrogen) atoms. The SMILES string of the molecule is CN1C[C@@H]2CCCO[C@@H]2[C@H](N(C)Cc2ccco2)C1.O=C(O)C(F)(F)F.O=C(O)C(F)(F)F. The number of carboxylic acids is 2. The molecule has 190 valence electrons. The highest BCUT2D eigenvalue weighted by molar-refractivity contribution is 5.73. The normalized spacial score (nSPS) is 23.5. The lowest BCUT2D eigenvalue weighted by Crippen LogP contribution is -2.59. The van der Waals surface area contributed by atoms with Crippen LogP contribution in [0.2, 0.25) is 0 Å². The quantitative estimate of drug-likeness (QED) is 0.621. The summed E-state index contributed by atoms with van der Waals surface area (Å²) in [5, 5.41) is 14.2. The third-order valence-corrected chi connectivity index (χ3v) is 4.95. The number of likely N-dealkylation sites (N-methyl/N-ethyl adjacent to an activating group) is 2. The monoisotopic (exact) mass is 492 g/mol. The van der Waals surface area contributed by atoms with Gasteiger partial charge in [-0.1, -0.05) is 0 Å². The Hall–Kier alpha value is -2.32. The van der Waals surface area contributed by atoms with Crippen LogP contribution in [-0.2, 0) is 20.9 Å². The molecule has 0 unspecified atom stereocenters. The van der Waals surface area contributed by atoms with Crippen molar-refractivity contribution < 1.29 is 55.3 Å². The van der Waals surface area contributed by atoms with Crippen LogP contribution in [0.3, 0.4) is 0 Å². The van der Waals surface area contributed by atoms with Crippen molar-refractivity contribution in [1.82, 2.24) is 9.80 Å².